The van der Waals surface area contributed by atoms with Gasteiger partial charge in [0.2, 0.25) is 0 Å². The quantitative estimate of drug-likeness (QED) is 0.523. The largest absolute Gasteiger partial charge is 0.335 e. The number of nitrogens with zero attached hydrogens (tertiary/aromatic N) is 4. The van der Waals surface area contributed by atoms with Crippen molar-refractivity contribution in [1.29, 1.82) is 0 Å². The average molecular weight is 497 g/mol. The number of piperazine rings is 1. The lowest BCUT2D eigenvalue weighted by molar-refractivity contribution is 0.0643. The van der Waals surface area contributed by atoms with Crippen LogP contribution in [0.2, 0.25) is 0 Å². The second kappa shape index (κ2) is 9.85. The minimum absolute atomic E-state index is 0.0792. The van der Waals surface area contributed by atoms with Crippen LogP contribution in [-0.2, 0) is 9.84 Å². The molecule has 2 aliphatic heterocycles. The molecular weight excluding hydrogens is 468 g/mol. The molecule has 3 aromatic rings. The molecular formula is C25H28N4O3S2. The van der Waals surface area contributed by atoms with Crippen LogP contribution in [0.25, 0.3) is 16.6 Å². The molecule has 1 atom stereocenters. The van der Waals surface area contributed by atoms with Gasteiger partial charge in [0.15, 0.2) is 15.5 Å². The van der Waals surface area contributed by atoms with Crippen LogP contribution in [0.4, 0.5) is 0 Å². The third-order valence-electron chi connectivity index (χ3n) is 6.42. The smallest absolute Gasteiger partial charge is 0.274 e. The number of aromatic nitrogens is 2. The first-order valence-electron chi connectivity index (χ1n) is 11.6. The molecule has 178 valence electrons. The molecule has 9 heteroatoms. The predicted octanol–water partition coefficient (Wildman–Crippen LogP) is 3.44. The molecule has 1 aromatic carbocycles. The second-order valence-electron chi connectivity index (χ2n) is 8.80. The summed E-state index contributed by atoms with van der Waals surface area (Å²) in [4.78, 5) is 18.5. The monoisotopic (exact) mass is 496 g/mol. The molecule has 0 aliphatic carbocycles. The molecule has 1 unspecified atom stereocenters. The lowest BCUT2D eigenvalue weighted by Crippen LogP contribution is -2.48. The molecule has 7 nitrogen and oxygen atoms in total. The van der Waals surface area contributed by atoms with E-state index < -0.39 is 9.84 Å². The Bertz CT molecular complexity index is 1260. The van der Waals surface area contributed by atoms with E-state index in [1.54, 1.807) is 16.0 Å². The van der Waals surface area contributed by atoms with E-state index >= 15 is 0 Å². The molecule has 2 fully saturated rings. The summed E-state index contributed by atoms with van der Waals surface area (Å²) in [5.41, 5.74) is 2.40. The van der Waals surface area contributed by atoms with Crippen molar-refractivity contribution < 1.29 is 13.2 Å². The molecule has 4 heterocycles. The van der Waals surface area contributed by atoms with Crippen molar-refractivity contribution in [1.82, 2.24) is 19.6 Å². The third kappa shape index (κ3) is 5.16. The number of hydrogen-bond acceptors (Lipinski definition) is 6. The molecule has 0 spiro atoms. The molecule has 0 bridgehead atoms. The zero-order chi connectivity index (χ0) is 23.5. The average Bonchev–Trinajstić information content (AvgIpc) is 3.59. The minimum atomic E-state index is -3.06. The van der Waals surface area contributed by atoms with Gasteiger partial charge >= 0.3 is 0 Å². The summed E-state index contributed by atoms with van der Waals surface area (Å²) in [5.74, 6) is 0.165. The van der Waals surface area contributed by atoms with E-state index in [2.05, 4.69) is 34.3 Å². The Hall–Kier alpha value is -2.75. The van der Waals surface area contributed by atoms with Crippen LogP contribution < -0.4 is 0 Å². The Morgan fingerprint density at radius 1 is 1.09 bits per heavy atom. The molecule has 1 amide bonds. The van der Waals surface area contributed by atoms with Crippen LogP contribution in [0, 0.1) is 0 Å². The highest BCUT2D eigenvalue weighted by molar-refractivity contribution is 7.91. The van der Waals surface area contributed by atoms with Crippen molar-refractivity contribution in [3.05, 3.63) is 71.2 Å². The normalized spacial score (nSPS) is 20.8. The second-order valence-corrected chi connectivity index (χ2v) is 12.0. The minimum Gasteiger partial charge on any atom is -0.335 e. The van der Waals surface area contributed by atoms with Crippen LogP contribution in [0.5, 0.6) is 0 Å². The summed E-state index contributed by atoms with van der Waals surface area (Å²) in [6.45, 7) is 3.77. The van der Waals surface area contributed by atoms with Gasteiger partial charge in [0, 0.05) is 32.7 Å². The molecule has 2 aliphatic rings. The van der Waals surface area contributed by atoms with Crippen molar-refractivity contribution in [2.24, 2.45) is 0 Å². The van der Waals surface area contributed by atoms with Gasteiger partial charge in [-0.3, -0.25) is 14.4 Å². The van der Waals surface area contributed by atoms with Crippen molar-refractivity contribution in [3.8, 4) is 10.6 Å². The fourth-order valence-electron chi connectivity index (χ4n) is 4.55. The first-order chi connectivity index (χ1) is 16.5. The van der Waals surface area contributed by atoms with Crippen molar-refractivity contribution in [3.63, 3.8) is 0 Å². The van der Waals surface area contributed by atoms with Gasteiger partial charge in [-0.1, -0.05) is 48.6 Å². The highest BCUT2D eigenvalue weighted by Gasteiger charge is 2.33. The van der Waals surface area contributed by atoms with Gasteiger partial charge in [-0.15, -0.1) is 11.3 Å². The Morgan fingerprint density at radius 3 is 2.56 bits per heavy atom. The number of carbonyl (C=O) groups is 1. The maximum Gasteiger partial charge on any atom is 0.274 e. The highest BCUT2D eigenvalue weighted by atomic mass is 32.2. The number of amides is 1. The summed E-state index contributed by atoms with van der Waals surface area (Å²) in [6.07, 6.45) is 4.82. The van der Waals surface area contributed by atoms with E-state index in [0.29, 0.717) is 25.2 Å². The summed E-state index contributed by atoms with van der Waals surface area (Å²) in [6, 6.07) is 15.8. The van der Waals surface area contributed by atoms with E-state index in [4.69, 9.17) is 0 Å². The third-order valence-corrected chi connectivity index (χ3v) is 9.06. The fraction of sp³-hybridized carbons (Fsp3) is 0.360. The van der Waals surface area contributed by atoms with Gasteiger partial charge in [0.05, 0.1) is 28.1 Å². The number of benzene rings is 1. The molecule has 5 rings (SSSR count). The Kier molecular flexibility index (Phi) is 6.67. The van der Waals surface area contributed by atoms with Crippen LogP contribution in [-0.4, -0.2) is 78.1 Å². The Labute approximate surface area is 204 Å². The fourth-order valence-corrected chi connectivity index (χ4v) is 6.98. The summed E-state index contributed by atoms with van der Waals surface area (Å²) >= 11 is 1.57. The number of rotatable bonds is 6. The van der Waals surface area contributed by atoms with Crippen molar-refractivity contribution in [2.45, 2.75) is 12.5 Å². The van der Waals surface area contributed by atoms with Gasteiger partial charge in [-0.25, -0.2) is 8.42 Å². The lowest BCUT2D eigenvalue weighted by atomic mass is 10.2. The summed E-state index contributed by atoms with van der Waals surface area (Å²) in [5, 5.41) is 6.61. The van der Waals surface area contributed by atoms with E-state index in [1.807, 2.05) is 46.7 Å². The van der Waals surface area contributed by atoms with Crippen LogP contribution in [0.1, 0.15) is 28.5 Å². The zero-order valence-corrected chi connectivity index (χ0v) is 20.5. The van der Waals surface area contributed by atoms with E-state index in [1.165, 1.54) is 5.56 Å². The first-order valence-corrected chi connectivity index (χ1v) is 14.3. The molecule has 2 saturated heterocycles. The zero-order valence-electron chi connectivity index (χ0n) is 18.9. The maximum absolute atomic E-state index is 13.3. The SMILES string of the molecule is O=C(c1cc(-c2cccs2)n(C2CCS(=O)(=O)C2)n1)N1CCN(C/C=C/c2ccccc2)CC1. The van der Waals surface area contributed by atoms with Gasteiger partial charge in [-0.2, -0.15) is 5.10 Å². The van der Waals surface area contributed by atoms with E-state index in [9.17, 15) is 13.2 Å². The molecule has 34 heavy (non-hydrogen) atoms. The first kappa shape index (κ1) is 23.0. The van der Waals surface area contributed by atoms with Crippen molar-refractivity contribution >= 4 is 33.2 Å². The lowest BCUT2D eigenvalue weighted by Gasteiger charge is -2.33. The predicted molar refractivity (Wildman–Crippen MR) is 136 cm³/mol. The van der Waals surface area contributed by atoms with E-state index in [-0.39, 0.29) is 23.5 Å². The van der Waals surface area contributed by atoms with Crippen LogP contribution >= 0.6 is 11.3 Å². The molecule has 0 N–H and O–H groups in total. The molecule has 0 radical (unpaired) electrons. The Morgan fingerprint density at radius 2 is 1.88 bits per heavy atom. The molecule has 2 aromatic heterocycles. The van der Waals surface area contributed by atoms with Gasteiger partial charge in [0.25, 0.3) is 5.91 Å². The number of sulfone groups is 1. The maximum atomic E-state index is 13.3. The van der Waals surface area contributed by atoms with Crippen LogP contribution in [0.15, 0.2) is 60.0 Å². The highest BCUT2D eigenvalue weighted by Crippen LogP contribution is 2.32. The Balaban J connectivity index is 1.25. The summed E-state index contributed by atoms with van der Waals surface area (Å²) < 4.78 is 25.9. The van der Waals surface area contributed by atoms with Crippen molar-refractivity contribution in [2.75, 3.05) is 44.2 Å². The molecule has 0 saturated carbocycles. The number of carbonyl (C=O) groups excluding carboxylic acids is 1. The standard InChI is InChI=1S/C25H28N4O3S2/c30-25(28-14-12-27(13-15-28)11-4-8-20-6-2-1-3-7-20)22-18-23(24-9-5-16-33-24)29(26-22)21-10-17-34(31,32)19-21/h1-9,16,18,21H,10-15,17,19H2/b8-4+. The van der Waals surface area contributed by atoms with Crippen LogP contribution in [0.3, 0.4) is 0 Å². The topological polar surface area (TPSA) is 75.5 Å². The van der Waals surface area contributed by atoms with Gasteiger partial charge < -0.3 is 4.90 Å². The van der Waals surface area contributed by atoms with Gasteiger partial charge in [0.1, 0.15) is 0 Å². The van der Waals surface area contributed by atoms with Gasteiger partial charge in [-0.05, 0) is 29.5 Å². The number of hydrogen-bond donors (Lipinski definition) is 0. The number of thiophene rings is 1. The van der Waals surface area contributed by atoms with E-state index in [0.717, 1.165) is 30.2 Å². The summed E-state index contributed by atoms with van der Waals surface area (Å²) in [7, 11) is -3.06.